The van der Waals surface area contributed by atoms with Gasteiger partial charge in [0.25, 0.3) is 0 Å². The average molecular weight is 114 g/mol. The third-order valence-corrected chi connectivity index (χ3v) is 0. The van der Waals surface area contributed by atoms with Crippen molar-refractivity contribution in [1.29, 1.82) is 0 Å². The van der Waals surface area contributed by atoms with Crippen LogP contribution in [0.25, 0.3) is 0 Å². The van der Waals surface area contributed by atoms with Crippen LogP contribution in [0, 0.1) is 0 Å². The normalized spacial score (nSPS) is 5.50. The molecule has 4 heavy (non-hydrogen) atoms. The zero-order chi connectivity index (χ0) is 2.71. The van der Waals surface area contributed by atoms with Crippen LogP contribution in [0.4, 0.5) is 7.16 Å². The Morgan fingerprint density at radius 3 is 1.25 bits per heavy atom. The van der Waals surface area contributed by atoms with Crippen molar-refractivity contribution in [3.05, 3.63) is 0 Å². The molecule has 0 aliphatic heterocycles. The summed E-state index contributed by atoms with van der Waals surface area (Å²) in [6.45, 7) is 0. The molecule has 0 spiro atoms. The van der Waals surface area contributed by atoms with E-state index in [4.69, 9.17) is 0 Å². The zero-order valence-electron chi connectivity index (χ0n) is 1.80. The molecule has 0 saturated carbocycles. The van der Waals surface area contributed by atoms with Gasteiger partial charge in [0.2, 0.25) is 0 Å². The molecule has 0 heterocycles. The second-order valence-corrected chi connectivity index (χ2v) is 0.196. The van der Waals surface area contributed by atoms with Gasteiger partial charge in [-0.1, -0.05) is 0 Å². The van der Waals surface area contributed by atoms with Crippen molar-refractivity contribution in [2.45, 2.75) is 0 Å². The van der Waals surface area contributed by atoms with Crippen molar-refractivity contribution in [3.8, 4) is 0 Å². The molecule has 3 N–H and O–H groups in total. The number of rotatable bonds is 0. The van der Waals surface area contributed by atoms with E-state index < -0.39 is 15.6 Å². The molecule has 1 nitrogen and oxygen atoms in total. The summed E-state index contributed by atoms with van der Waals surface area (Å²) in [5.74, 6) is 0. The van der Waals surface area contributed by atoms with E-state index in [0.29, 0.717) is 0 Å². The van der Waals surface area contributed by atoms with Crippen molar-refractivity contribution >= 4 is 0 Å². The first-order valence-electron chi connectivity index (χ1n) is 0.252. The van der Waals surface area contributed by atoms with E-state index in [0.717, 1.165) is 0 Å². The van der Waals surface area contributed by atoms with Gasteiger partial charge in [-0.25, -0.2) is 0 Å². The van der Waals surface area contributed by atoms with E-state index in [1.807, 2.05) is 0 Å². The fourth-order valence-corrected chi connectivity index (χ4v) is 0. The molecule has 0 aromatic carbocycles. The summed E-state index contributed by atoms with van der Waals surface area (Å²) < 4.78 is 19.2. The Morgan fingerprint density at radius 2 is 1.25 bits per heavy atom. The number of hydrogen-bond donors (Lipinski definition) is 1. The predicted molar refractivity (Wildman–Crippen MR) is 7.24 cm³/mol. The predicted octanol–water partition coefficient (Wildman–Crippen LogP) is 1.000. The maximum atomic E-state index is 9.59. The Morgan fingerprint density at radius 1 is 1.25 bits per heavy atom. The van der Waals surface area contributed by atoms with E-state index in [9.17, 15) is 7.16 Å². The first kappa shape index (κ1) is 8.85. The van der Waals surface area contributed by atoms with Crippen LogP contribution < -0.4 is 6.15 Å². The number of halogens is 2. The van der Waals surface area contributed by atoms with Gasteiger partial charge >= 0.3 is 22.8 Å². The molecule has 31 valence electrons. The van der Waals surface area contributed by atoms with Gasteiger partial charge in [0.15, 0.2) is 0 Å². The fraction of sp³-hybridized carbons (Fsp3) is 0. The van der Waals surface area contributed by atoms with Crippen LogP contribution in [0.2, 0.25) is 0 Å². The Kier molecular flexibility index (Phi) is 22.6. The van der Waals surface area contributed by atoms with Crippen LogP contribution in [-0.2, 0) is 15.6 Å². The van der Waals surface area contributed by atoms with Crippen LogP contribution in [-0.4, -0.2) is 0 Å². The van der Waals surface area contributed by atoms with Crippen molar-refractivity contribution in [1.82, 2.24) is 6.15 Å². The Hall–Kier alpha value is 0.326. The van der Waals surface area contributed by atoms with Crippen LogP contribution in [0.15, 0.2) is 0 Å². The molecule has 0 aromatic rings. The summed E-state index contributed by atoms with van der Waals surface area (Å²) in [5, 5.41) is 0. The van der Waals surface area contributed by atoms with Crippen LogP contribution in [0.3, 0.4) is 0 Å². The van der Waals surface area contributed by atoms with E-state index >= 15 is 0 Å². The quantitative estimate of drug-likeness (QED) is 0.500. The molecule has 4 heteroatoms. The summed E-state index contributed by atoms with van der Waals surface area (Å²) >= 11 is -1.56. The summed E-state index contributed by atoms with van der Waals surface area (Å²) in [6, 6.07) is 0. The van der Waals surface area contributed by atoms with Crippen molar-refractivity contribution in [2.75, 3.05) is 0 Å². The van der Waals surface area contributed by atoms with Crippen molar-refractivity contribution in [2.24, 2.45) is 0 Å². The molecule has 0 aromatic heterocycles. The van der Waals surface area contributed by atoms with Crippen LogP contribution in [0.1, 0.15) is 0 Å². The minimum absolute atomic E-state index is 0. The Bertz CT molecular complexity index is 6.00. The summed E-state index contributed by atoms with van der Waals surface area (Å²) in [6.07, 6.45) is 0. The zero-order valence-corrected chi connectivity index (χ0v) is 2.84. The van der Waals surface area contributed by atoms with Crippen molar-refractivity contribution < 1.29 is 22.8 Å². The average Bonchev–Trinajstić information content (AvgIpc) is 0.918. The van der Waals surface area contributed by atoms with Gasteiger partial charge in [0, 0.05) is 0 Å². The molecule has 0 unspecified atom stereocenters. The third-order valence-electron chi connectivity index (χ3n) is 0. The molecule has 0 fully saturated rings. The summed E-state index contributed by atoms with van der Waals surface area (Å²) in [7, 11) is 0. The maximum absolute atomic E-state index is 9.59. The molecule has 0 aliphatic carbocycles. The third kappa shape index (κ3) is 38.4. The summed E-state index contributed by atoms with van der Waals surface area (Å²) in [5.41, 5.74) is 0. The van der Waals surface area contributed by atoms with Gasteiger partial charge in [0.1, 0.15) is 0 Å². The van der Waals surface area contributed by atoms with Crippen LogP contribution >= 0.6 is 0 Å². The molecule has 0 radical (unpaired) electrons. The molecule has 0 saturated heterocycles. The monoisotopic (exact) mass is 114 g/mol. The second-order valence-electron chi connectivity index (χ2n) is 0.0476. The molecular formula is H3CoF2N. The molecule has 0 aliphatic rings. The van der Waals surface area contributed by atoms with Gasteiger partial charge in [0.05, 0.1) is 0 Å². The van der Waals surface area contributed by atoms with Gasteiger partial charge in [-0.3, -0.25) is 0 Å². The second kappa shape index (κ2) is 10.2. The standard InChI is InChI=1S/Co.2FH.H3N/h;2*1H;1H3/q+2;;;/p-2. The molecular weight excluding hydrogens is 111 g/mol. The van der Waals surface area contributed by atoms with Crippen LogP contribution in [0.5, 0.6) is 0 Å². The van der Waals surface area contributed by atoms with E-state index in [1.165, 1.54) is 0 Å². The molecule has 0 bridgehead atoms. The SMILES string of the molecule is N.[F][Co][F]. The van der Waals surface area contributed by atoms with Crippen molar-refractivity contribution in [3.63, 3.8) is 0 Å². The first-order valence-corrected chi connectivity index (χ1v) is 1.04. The topological polar surface area (TPSA) is 35.0 Å². The van der Waals surface area contributed by atoms with Gasteiger partial charge in [-0.05, 0) is 0 Å². The molecule has 0 amide bonds. The molecule has 0 atom stereocenters. The molecule has 0 rings (SSSR count). The van der Waals surface area contributed by atoms with E-state index in [-0.39, 0.29) is 6.15 Å². The Balaban J connectivity index is 0. The first-order chi connectivity index (χ1) is 1.41. The minimum atomic E-state index is -1.56. The number of hydrogen-bond acceptors (Lipinski definition) is 1. The Labute approximate surface area is 29.8 Å². The van der Waals surface area contributed by atoms with Gasteiger partial charge < -0.3 is 6.15 Å². The van der Waals surface area contributed by atoms with E-state index in [1.54, 1.807) is 0 Å². The van der Waals surface area contributed by atoms with E-state index in [2.05, 4.69) is 0 Å². The fourth-order valence-electron chi connectivity index (χ4n) is 0. The van der Waals surface area contributed by atoms with Gasteiger partial charge in [-0.15, -0.1) is 0 Å². The van der Waals surface area contributed by atoms with Gasteiger partial charge in [-0.2, -0.15) is 0 Å². The summed E-state index contributed by atoms with van der Waals surface area (Å²) in [4.78, 5) is 0.